The van der Waals surface area contributed by atoms with Gasteiger partial charge in [-0.05, 0) is 24.5 Å². The van der Waals surface area contributed by atoms with Gasteiger partial charge in [-0.15, -0.1) is 0 Å². The molecule has 0 N–H and O–H groups in total. The van der Waals surface area contributed by atoms with E-state index in [1.165, 1.54) is 0 Å². The van der Waals surface area contributed by atoms with Gasteiger partial charge in [0, 0.05) is 13.2 Å². The van der Waals surface area contributed by atoms with E-state index < -0.39 is 5.41 Å². The summed E-state index contributed by atoms with van der Waals surface area (Å²) in [5.74, 6) is 0.156. The number of rotatable bonds is 5. The number of Topliss-reactive ketones (excluding diaryl/α,β-unsaturated/α-hetero) is 1. The van der Waals surface area contributed by atoms with Crippen LogP contribution >= 0.6 is 0 Å². The molecule has 19 heavy (non-hydrogen) atoms. The van der Waals surface area contributed by atoms with Crippen molar-refractivity contribution in [3.63, 3.8) is 0 Å². The zero-order valence-corrected chi connectivity index (χ0v) is 11.8. The summed E-state index contributed by atoms with van der Waals surface area (Å²) in [5.41, 5.74) is 1.31. The van der Waals surface area contributed by atoms with Gasteiger partial charge in [0.2, 0.25) is 0 Å². The van der Waals surface area contributed by atoms with Gasteiger partial charge in [0.1, 0.15) is 5.69 Å². The van der Waals surface area contributed by atoms with Crippen molar-refractivity contribution in [1.29, 1.82) is 0 Å². The van der Waals surface area contributed by atoms with E-state index in [1.54, 1.807) is 16.9 Å². The highest BCUT2D eigenvalue weighted by atomic mass is 16.1. The molecule has 0 aliphatic carbocycles. The number of benzene rings is 1. The van der Waals surface area contributed by atoms with Crippen LogP contribution in [0, 0.1) is 0 Å². The fourth-order valence-corrected chi connectivity index (χ4v) is 2.71. The average molecular weight is 256 g/mol. The van der Waals surface area contributed by atoms with E-state index in [1.807, 2.05) is 37.4 Å². The highest BCUT2D eigenvalue weighted by Gasteiger charge is 2.38. The number of carbonyl (C=O) groups is 1. The van der Waals surface area contributed by atoms with Crippen molar-refractivity contribution >= 4 is 5.78 Å². The van der Waals surface area contributed by atoms with Crippen molar-refractivity contribution < 1.29 is 4.79 Å². The van der Waals surface area contributed by atoms with Crippen molar-refractivity contribution in [2.45, 2.75) is 32.1 Å². The molecular weight excluding hydrogens is 236 g/mol. The second-order valence-electron chi connectivity index (χ2n) is 4.82. The number of carbonyl (C=O) groups excluding carboxylic acids is 1. The molecule has 3 nitrogen and oxygen atoms in total. The molecule has 0 atom stereocenters. The predicted molar refractivity (Wildman–Crippen MR) is 76.2 cm³/mol. The molecule has 2 rings (SSSR count). The van der Waals surface area contributed by atoms with Crippen LogP contribution in [0.3, 0.4) is 0 Å². The van der Waals surface area contributed by atoms with Crippen LogP contribution in [-0.4, -0.2) is 15.6 Å². The van der Waals surface area contributed by atoms with Crippen molar-refractivity contribution in [3.8, 4) is 0 Å². The molecule has 1 aromatic heterocycles. The van der Waals surface area contributed by atoms with Crippen LogP contribution in [-0.2, 0) is 12.5 Å². The van der Waals surface area contributed by atoms with E-state index in [4.69, 9.17) is 0 Å². The second kappa shape index (κ2) is 5.39. The number of nitrogens with zero attached hydrogens (tertiary/aromatic N) is 2. The molecular formula is C16H20N2O. The summed E-state index contributed by atoms with van der Waals surface area (Å²) in [6.45, 7) is 4.15. The van der Waals surface area contributed by atoms with Gasteiger partial charge < -0.3 is 0 Å². The highest BCUT2D eigenvalue weighted by molar-refractivity contribution is 6.02. The minimum atomic E-state index is -0.449. The molecule has 3 heteroatoms. The maximum atomic E-state index is 13.0. The van der Waals surface area contributed by atoms with E-state index >= 15 is 0 Å². The van der Waals surface area contributed by atoms with Crippen molar-refractivity contribution in [1.82, 2.24) is 9.78 Å². The number of hydrogen-bond donors (Lipinski definition) is 0. The van der Waals surface area contributed by atoms with Crippen LogP contribution in [0.1, 0.15) is 42.7 Å². The molecule has 0 aliphatic heterocycles. The van der Waals surface area contributed by atoms with E-state index in [0.717, 1.165) is 18.4 Å². The lowest BCUT2D eigenvalue weighted by molar-refractivity contribution is 0.0863. The summed E-state index contributed by atoms with van der Waals surface area (Å²) in [7, 11) is 1.81. The Bertz CT molecular complexity index is 553. The monoisotopic (exact) mass is 256 g/mol. The molecule has 0 spiro atoms. The van der Waals surface area contributed by atoms with Crippen molar-refractivity contribution in [3.05, 3.63) is 53.9 Å². The van der Waals surface area contributed by atoms with Gasteiger partial charge in [0.25, 0.3) is 0 Å². The molecule has 0 bridgehead atoms. The summed E-state index contributed by atoms with van der Waals surface area (Å²) in [5, 5.41) is 4.11. The first-order valence-corrected chi connectivity index (χ1v) is 6.74. The summed E-state index contributed by atoms with van der Waals surface area (Å²) >= 11 is 0. The van der Waals surface area contributed by atoms with Gasteiger partial charge in [-0.2, -0.15) is 5.10 Å². The molecule has 0 fully saturated rings. The Kier molecular flexibility index (Phi) is 3.84. The molecule has 0 saturated carbocycles. The van der Waals surface area contributed by atoms with Gasteiger partial charge in [-0.3, -0.25) is 9.48 Å². The second-order valence-corrected chi connectivity index (χ2v) is 4.82. The minimum absolute atomic E-state index is 0.156. The average Bonchev–Trinajstić information content (AvgIpc) is 2.88. The van der Waals surface area contributed by atoms with E-state index in [-0.39, 0.29) is 5.78 Å². The third kappa shape index (κ3) is 2.21. The SMILES string of the molecule is CCC(CC)(C(=O)c1ccnn1C)c1ccccc1. The summed E-state index contributed by atoms with van der Waals surface area (Å²) in [6.07, 6.45) is 3.25. The van der Waals surface area contributed by atoms with E-state index in [9.17, 15) is 4.79 Å². The molecule has 1 heterocycles. The lowest BCUT2D eigenvalue weighted by Crippen LogP contribution is -2.36. The highest BCUT2D eigenvalue weighted by Crippen LogP contribution is 2.35. The summed E-state index contributed by atoms with van der Waals surface area (Å²) < 4.78 is 1.66. The lowest BCUT2D eigenvalue weighted by Gasteiger charge is -2.30. The molecule has 100 valence electrons. The van der Waals surface area contributed by atoms with Gasteiger partial charge >= 0.3 is 0 Å². The summed E-state index contributed by atoms with van der Waals surface area (Å²) in [4.78, 5) is 13.0. The minimum Gasteiger partial charge on any atom is -0.291 e. The van der Waals surface area contributed by atoms with E-state index in [2.05, 4.69) is 18.9 Å². The zero-order chi connectivity index (χ0) is 13.9. The van der Waals surface area contributed by atoms with Crippen LogP contribution in [0.25, 0.3) is 0 Å². The quantitative estimate of drug-likeness (QED) is 0.769. The Morgan fingerprint density at radius 1 is 1.16 bits per heavy atom. The molecule has 1 aromatic carbocycles. The zero-order valence-electron chi connectivity index (χ0n) is 11.8. The van der Waals surface area contributed by atoms with Crippen LogP contribution in [0.2, 0.25) is 0 Å². The molecule has 0 saturated heterocycles. The summed E-state index contributed by atoms with van der Waals surface area (Å²) in [6, 6.07) is 11.8. The topological polar surface area (TPSA) is 34.9 Å². The van der Waals surface area contributed by atoms with Crippen molar-refractivity contribution in [2.75, 3.05) is 0 Å². The number of ketones is 1. The van der Waals surface area contributed by atoms with Crippen LogP contribution < -0.4 is 0 Å². The normalized spacial score (nSPS) is 11.5. The van der Waals surface area contributed by atoms with Gasteiger partial charge in [-0.1, -0.05) is 44.2 Å². The fourth-order valence-electron chi connectivity index (χ4n) is 2.71. The van der Waals surface area contributed by atoms with E-state index in [0.29, 0.717) is 5.69 Å². The maximum Gasteiger partial charge on any atom is 0.191 e. The van der Waals surface area contributed by atoms with Gasteiger partial charge in [0.15, 0.2) is 5.78 Å². The number of hydrogen-bond acceptors (Lipinski definition) is 2. The van der Waals surface area contributed by atoms with Crippen LogP contribution in [0.15, 0.2) is 42.6 Å². The Morgan fingerprint density at radius 2 is 1.79 bits per heavy atom. The maximum absolute atomic E-state index is 13.0. The largest absolute Gasteiger partial charge is 0.291 e. The van der Waals surface area contributed by atoms with Gasteiger partial charge in [0.05, 0.1) is 5.41 Å². The van der Waals surface area contributed by atoms with Crippen molar-refractivity contribution in [2.24, 2.45) is 7.05 Å². The molecule has 0 unspecified atom stereocenters. The van der Waals surface area contributed by atoms with Crippen LogP contribution in [0.5, 0.6) is 0 Å². The Morgan fingerprint density at radius 3 is 2.26 bits per heavy atom. The smallest absolute Gasteiger partial charge is 0.191 e. The number of aryl methyl sites for hydroxylation is 1. The first-order chi connectivity index (χ1) is 9.15. The Labute approximate surface area is 114 Å². The third-order valence-corrected chi connectivity index (χ3v) is 4.02. The molecule has 0 radical (unpaired) electrons. The molecule has 0 amide bonds. The predicted octanol–water partition coefficient (Wildman–Crippen LogP) is 3.36. The number of aromatic nitrogens is 2. The lowest BCUT2D eigenvalue weighted by atomic mass is 9.71. The Balaban J connectivity index is 2.52. The first-order valence-electron chi connectivity index (χ1n) is 6.74. The van der Waals surface area contributed by atoms with Gasteiger partial charge in [-0.25, -0.2) is 0 Å². The Hall–Kier alpha value is -1.90. The molecule has 2 aromatic rings. The standard InChI is InChI=1S/C16H20N2O/c1-4-16(5-2,13-9-7-6-8-10-13)15(19)14-11-12-17-18(14)3/h6-12H,4-5H2,1-3H3. The van der Waals surface area contributed by atoms with Crippen LogP contribution in [0.4, 0.5) is 0 Å². The fraction of sp³-hybridized carbons (Fsp3) is 0.375. The molecule has 0 aliphatic rings. The first kappa shape index (κ1) is 13.5. The third-order valence-electron chi connectivity index (χ3n) is 4.02.